The van der Waals surface area contributed by atoms with E-state index in [1.165, 1.54) is 25.9 Å². The van der Waals surface area contributed by atoms with E-state index < -0.39 is 0 Å². The van der Waals surface area contributed by atoms with Crippen molar-refractivity contribution in [2.75, 3.05) is 25.9 Å². The Labute approximate surface area is 114 Å². The van der Waals surface area contributed by atoms with Crippen LogP contribution in [-0.2, 0) is 12.3 Å². The fourth-order valence-electron chi connectivity index (χ4n) is 2.64. The summed E-state index contributed by atoms with van der Waals surface area (Å²) in [6.45, 7) is 6.61. The molecule has 0 spiro atoms. The predicted octanol–water partition coefficient (Wildman–Crippen LogP) is 2.72. The number of nitrogens with zero attached hydrogens (tertiary/aromatic N) is 1. The Bertz CT molecular complexity index is 353. The number of hydrogen-bond donors (Lipinski definition) is 1. The minimum atomic E-state index is 0.718. The predicted molar refractivity (Wildman–Crippen MR) is 77.9 cm³/mol. The normalized spacial score (nSPS) is 20.7. The molecular formula is C14H24N2OS. The van der Waals surface area contributed by atoms with Crippen LogP contribution in [0.25, 0.3) is 0 Å². The number of thioether (sulfide) groups is 1. The van der Waals surface area contributed by atoms with Crippen LogP contribution in [0.1, 0.15) is 31.3 Å². The molecule has 0 aromatic carbocycles. The van der Waals surface area contributed by atoms with E-state index in [0.717, 1.165) is 36.4 Å². The lowest BCUT2D eigenvalue weighted by Gasteiger charge is -2.22. The number of hydrogen-bond acceptors (Lipinski definition) is 4. The number of likely N-dealkylation sites (tertiary alicyclic amines) is 1. The third-order valence-corrected chi connectivity index (χ3v) is 4.16. The number of rotatable bonds is 7. The zero-order valence-electron chi connectivity index (χ0n) is 11.4. The van der Waals surface area contributed by atoms with Crippen molar-refractivity contribution >= 4 is 11.8 Å². The molecule has 0 saturated carbocycles. The summed E-state index contributed by atoms with van der Waals surface area (Å²) < 4.78 is 5.74. The van der Waals surface area contributed by atoms with Crippen LogP contribution < -0.4 is 5.32 Å². The molecule has 1 N–H and O–H groups in total. The molecule has 1 fully saturated rings. The first-order valence-corrected chi connectivity index (χ1v) is 8.24. The van der Waals surface area contributed by atoms with Gasteiger partial charge in [0.05, 0.1) is 12.3 Å². The molecule has 2 rings (SSSR count). The van der Waals surface area contributed by atoms with Gasteiger partial charge < -0.3 is 9.73 Å². The summed E-state index contributed by atoms with van der Waals surface area (Å²) >= 11 is 1.79. The van der Waals surface area contributed by atoms with E-state index in [1.807, 2.05) is 0 Å². The standard InChI is InChI=1S/C14H24N2OS/c1-3-16-8-4-5-12(16)9-15-10-13-6-7-14(17-13)11-18-2/h6-7,12,15H,3-5,8-11H2,1-2H3. The van der Waals surface area contributed by atoms with E-state index in [9.17, 15) is 0 Å². The van der Waals surface area contributed by atoms with E-state index in [2.05, 4.69) is 35.5 Å². The maximum absolute atomic E-state index is 5.74. The molecule has 3 nitrogen and oxygen atoms in total. The zero-order valence-corrected chi connectivity index (χ0v) is 12.3. The van der Waals surface area contributed by atoms with Gasteiger partial charge in [-0.2, -0.15) is 11.8 Å². The van der Waals surface area contributed by atoms with Crippen molar-refractivity contribution in [1.82, 2.24) is 10.2 Å². The summed E-state index contributed by atoms with van der Waals surface area (Å²) in [5.74, 6) is 3.10. The lowest BCUT2D eigenvalue weighted by Crippen LogP contribution is -2.37. The van der Waals surface area contributed by atoms with Gasteiger partial charge in [-0.1, -0.05) is 6.92 Å². The van der Waals surface area contributed by atoms with Crippen molar-refractivity contribution in [3.63, 3.8) is 0 Å². The molecule has 4 heteroatoms. The molecular weight excluding hydrogens is 244 g/mol. The molecule has 1 aromatic rings. The fourth-order valence-corrected chi connectivity index (χ4v) is 3.08. The smallest absolute Gasteiger partial charge is 0.118 e. The summed E-state index contributed by atoms with van der Waals surface area (Å²) in [5, 5.41) is 3.52. The van der Waals surface area contributed by atoms with Gasteiger partial charge in [-0.05, 0) is 44.3 Å². The third-order valence-electron chi connectivity index (χ3n) is 3.59. The summed E-state index contributed by atoms with van der Waals surface area (Å²) in [4.78, 5) is 2.56. The topological polar surface area (TPSA) is 28.4 Å². The van der Waals surface area contributed by atoms with Gasteiger partial charge in [-0.3, -0.25) is 4.90 Å². The van der Waals surface area contributed by atoms with Crippen LogP contribution in [0.15, 0.2) is 16.5 Å². The molecule has 1 unspecified atom stereocenters. The van der Waals surface area contributed by atoms with E-state index in [-0.39, 0.29) is 0 Å². The molecule has 1 aromatic heterocycles. The molecule has 1 atom stereocenters. The summed E-state index contributed by atoms with van der Waals surface area (Å²) in [7, 11) is 0. The highest BCUT2D eigenvalue weighted by Crippen LogP contribution is 2.16. The van der Waals surface area contributed by atoms with Crippen LogP contribution in [-0.4, -0.2) is 36.8 Å². The monoisotopic (exact) mass is 268 g/mol. The van der Waals surface area contributed by atoms with Gasteiger partial charge >= 0.3 is 0 Å². The second-order valence-corrected chi connectivity index (χ2v) is 5.72. The largest absolute Gasteiger partial charge is 0.464 e. The maximum Gasteiger partial charge on any atom is 0.118 e. The highest BCUT2D eigenvalue weighted by molar-refractivity contribution is 7.97. The van der Waals surface area contributed by atoms with E-state index in [0.29, 0.717) is 0 Å². The van der Waals surface area contributed by atoms with Crippen molar-refractivity contribution in [2.24, 2.45) is 0 Å². The fraction of sp³-hybridized carbons (Fsp3) is 0.714. The van der Waals surface area contributed by atoms with Crippen LogP contribution in [0, 0.1) is 0 Å². The molecule has 102 valence electrons. The van der Waals surface area contributed by atoms with Gasteiger partial charge in [0.15, 0.2) is 0 Å². The minimum Gasteiger partial charge on any atom is -0.464 e. The molecule has 0 bridgehead atoms. The Hall–Kier alpha value is -0.450. The lowest BCUT2D eigenvalue weighted by atomic mass is 10.2. The molecule has 0 radical (unpaired) electrons. The second-order valence-electron chi connectivity index (χ2n) is 4.86. The maximum atomic E-state index is 5.74. The van der Waals surface area contributed by atoms with Gasteiger partial charge in [0.25, 0.3) is 0 Å². The summed E-state index contributed by atoms with van der Waals surface area (Å²) in [6, 6.07) is 4.89. The molecule has 1 aliphatic rings. The average molecular weight is 268 g/mol. The van der Waals surface area contributed by atoms with E-state index in [4.69, 9.17) is 4.42 Å². The van der Waals surface area contributed by atoms with Gasteiger partial charge in [-0.15, -0.1) is 0 Å². The Kier molecular flexibility index (Phi) is 5.60. The highest BCUT2D eigenvalue weighted by Gasteiger charge is 2.22. The van der Waals surface area contributed by atoms with Gasteiger partial charge in [0, 0.05) is 12.6 Å². The van der Waals surface area contributed by atoms with Crippen LogP contribution in [0.4, 0.5) is 0 Å². The van der Waals surface area contributed by atoms with Crippen molar-refractivity contribution in [1.29, 1.82) is 0 Å². The first-order chi connectivity index (χ1) is 8.83. The van der Waals surface area contributed by atoms with Crippen molar-refractivity contribution in [3.05, 3.63) is 23.7 Å². The van der Waals surface area contributed by atoms with Gasteiger partial charge in [0.2, 0.25) is 0 Å². The first kappa shape index (κ1) is 14.0. The van der Waals surface area contributed by atoms with Crippen LogP contribution in [0.5, 0.6) is 0 Å². The molecule has 18 heavy (non-hydrogen) atoms. The van der Waals surface area contributed by atoms with Crippen molar-refractivity contribution < 1.29 is 4.42 Å². The van der Waals surface area contributed by atoms with E-state index >= 15 is 0 Å². The van der Waals surface area contributed by atoms with Crippen molar-refractivity contribution in [3.8, 4) is 0 Å². The van der Waals surface area contributed by atoms with Crippen molar-refractivity contribution in [2.45, 2.75) is 38.1 Å². The van der Waals surface area contributed by atoms with Gasteiger partial charge in [0.1, 0.15) is 11.5 Å². The summed E-state index contributed by atoms with van der Waals surface area (Å²) in [6.07, 6.45) is 4.77. The Morgan fingerprint density at radius 1 is 1.44 bits per heavy atom. The van der Waals surface area contributed by atoms with Crippen LogP contribution >= 0.6 is 11.8 Å². The highest BCUT2D eigenvalue weighted by atomic mass is 32.2. The minimum absolute atomic E-state index is 0.718. The SMILES string of the molecule is CCN1CCCC1CNCc1ccc(CSC)o1. The van der Waals surface area contributed by atoms with Crippen LogP contribution in [0.2, 0.25) is 0 Å². The number of likely N-dealkylation sites (N-methyl/N-ethyl adjacent to an activating group) is 1. The summed E-state index contributed by atoms with van der Waals surface area (Å²) in [5.41, 5.74) is 0. The number of nitrogens with one attached hydrogen (secondary N) is 1. The first-order valence-electron chi connectivity index (χ1n) is 6.84. The Morgan fingerprint density at radius 3 is 3.06 bits per heavy atom. The van der Waals surface area contributed by atoms with E-state index in [1.54, 1.807) is 11.8 Å². The van der Waals surface area contributed by atoms with Gasteiger partial charge in [-0.25, -0.2) is 0 Å². The Morgan fingerprint density at radius 2 is 2.28 bits per heavy atom. The quantitative estimate of drug-likeness (QED) is 0.823. The molecule has 1 saturated heterocycles. The molecule has 1 aliphatic heterocycles. The average Bonchev–Trinajstić information content (AvgIpc) is 2.99. The molecule has 0 amide bonds. The number of furan rings is 1. The lowest BCUT2D eigenvalue weighted by molar-refractivity contribution is 0.258. The molecule has 0 aliphatic carbocycles. The second kappa shape index (κ2) is 7.22. The Balaban J connectivity index is 1.71. The molecule has 2 heterocycles. The third kappa shape index (κ3) is 3.77. The van der Waals surface area contributed by atoms with Crippen LogP contribution in [0.3, 0.4) is 0 Å². The zero-order chi connectivity index (χ0) is 12.8.